The van der Waals surface area contributed by atoms with Crippen LogP contribution < -0.4 is 0 Å². The van der Waals surface area contributed by atoms with Crippen LogP contribution in [0.2, 0.25) is 0 Å². The van der Waals surface area contributed by atoms with E-state index in [1.54, 1.807) is 27.7 Å². The van der Waals surface area contributed by atoms with Crippen molar-refractivity contribution in [2.45, 2.75) is 64.0 Å². The highest BCUT2D eigenvalue weighted by atomic mass is 16.8. The Morgan fingerprint density at radius 3 is 2.44 bits per heavy atom. The minimum atomic E-state index is -1.19. The van der Waals surface area contributed by atoms with E-state index in [4.69, 9.17) is 19.3 Å². The van der Waals surface area contributed by atoms with Gasteiger partial charge in [-0.1, -0.05) is 0 Å². The van der Waals surface area contributed by atoms with E-state index in [2.05, 4.69) is 0 Å². The highest BCUT2D eigenvalue weighted by Gasteiger charge is 2.44. The van der Waals surface area contributed by atoms with E-state index in [0.717, 1.165) is 0 Å². The van der Waals surface area contributed by atoms with Crippen LogP contribution in [-0.2, 0) is 14.2 Å². The molecule has 0 aliphatic carbocycles. The van der Waals surface area contributed by atoms with E-state index in [-0.39, 0.29) is 19.3 Å². The minimum Gasteiger partial charge on any atom is -0.394 e. The molecular weight excluding hydrogens is 240 g/mol. The fraction of sp³-hybridized carbons (Fsp3) is 1.00. The lowest BCUT2D eigenvalue weighted by Gasteiger charge is -2.23. The molecule has 3 N–H and O–H groups in total. The summed E-state index contributed by atoms with van der Waals surface area (Å²) < 4.78 is 16.4. The molecule has 1 fully saturated rings. The number of hydrogen-bond donors (Lipinski definition) is 3. The van der Waals surface area contributed by atoms with E-state index in [9.17, 15) is 10.2 Å². The van der Waals surface area contributed by atoms with Gasteiger partial charge in [0.1, 0.15) is 12.2 Å². The van der Waals surface area contributed by atoms with Gasteiger partial charge >= 0.3 is 0 Å². The Kier molecular flexibility index (Phi) is 5.11. The number of ether oxygens (including phenoxy) is 3. The van der Waals surface area contributed by atoms with Gasteiger partial charge in [-0.15, -0.1) is 0 Å². The van der Waals surface area contributed by atoms with E-state index < -0.39 is 23.8 Å². The van der Waals surface area contributed by atoms with Crippen LogP contribution >= 0.6 is 0 Å². The molecule has 1 aliphatic rings. The van der Waals surface area contributed by atoms with Crippen LogP contribution in [0.5, 0.6) is 0 Å². The molecule has 0 aromatic heterocycles. The molecule has 18 heavy (non-hydrogen) atoms. The number of hydrogen-bond acceptors (Lipinski definition) is 6. The molecular formula is C12H24O6. The summed E-state index contributed by atoms with van der Waals surface area (Å²) in [6, 6.07) is 0. The lowest BCUT2D eigenvalue weighted by molar-refractivity contribution is -0.183. The minimum absolute atomic E-state index is 0.280. The third-order valence-electron chi connectivity index (χ3n) is 2.65. The standard InChI is InChI=1S/C12H24O6/c1-11(2,15)16-6-5-9-10(8(14)7-13)18-12(3,4)17-9/h8-10,13-15H,5-7H2,1-4H3. The first-order valence-electron chi connectivity index (χ1n) is 6.15. The van der Waals surface area contributed by atoms with Gasteiger partial charge in [0.2, 0.25) is 0 Å². The quantitative estimate of drug-likeness (QED) is 0.585. The van der Waals surface area contributed by atoms with Gasteiger partial charge in [-0.05, 0) is 34.1 Å². The zero-order valence-corrected chi connectivity index (χ0v) is 11.4. The molecule has 0 aromatic carbocycles. The number of rotatable bonds is 6. The Morgan fingerprint density at radius 1 is 1.33 bits per heavy atom. The summed E-state index contributed by atoms with van der Waals surface area (Å²) in [5.41, 5.74) is 0. The summed E-state index contributed by atoms with van der Waals surface area (Å²) in [5.74, 6) is -1.99. The highest BCUT2D eigenvalue weighted by molar-refractivity contribution is 4.86. The third kappa shape index (κ3) is 4.79. The second-order valence-electron chi connectivity index (χ2n) is 5.47. The second-order valence-corrected chi connectivity index (χ2v) is 5.47. The first-order chi connectivity index (χ1) is 8.14. The van der Waals surface area contributed by atoms with Gasteiger partial charge in [-0.2, -0.15) is 0 Å². The Balaban J connectivity index is 2.51. The van der Waals surface area contributed by atoms with Gasteiger partial charge in [-0.3, -0.25) is 0 Å². The van der Waals surface area contributed by atoms with E-state index in [0.29, 0.717) is 6.42 Å². The fourth-order valence-electron chi connectivity index (χ4n) is 1.94. The van der Waals surface area contributed by atoms with Crippen LogP contribution in [0.3, 0.4) is 0 Å². The van der Waals surface area contributed by atoms with Crippen LogP contribution in [0.25, 0.3) is 0 Å². The van der Waals surface area contributed by atoms with Crippen LogP contribution in [0.1, 0.15) is 34.1 Å². The summed E-state index contributed by atoms with van der Waals surface area (Å²) in [6.45, 7) is 6.49. The molecule has 6 heteroatoms. The SMILES string of the molecule is CC(C)(O)OCCC1OC(C)(C)OC1C(O)CO. The molecule has 0 bridgehead atoms. The van der Waals surface area contributed by atoms with Crippen molar-refractivity contribution < 1.29 is 29.5 Å². The Bertz CT molecular complexity index is 260. The molecule has 108 valence electrons. The lowest BCUT2D eigenvalue weighted by Crippen LogP contribution is -2.38. The molecule has 1 aliphatic heterocycles. The molecule has 0 amide bonds. The average molecular weight is 264 g/mol. The Hall–Kier alpha value is -0.240. The fourth-order valence-corrected chi connectivity index (χ4v) is 1.94. The van der Waals surface area contributed by atoms with E-state index in [1.807, 2.05) is 0 Å². The summed E-state index contributed by atoms with van der Waals surface area (Å²) in [7, 11) is 0. The molecule has 1 heterocycles. The van der Waals surface area contributed by atoms with Crippen molar-refractivity contribution in [3.05, 3.63) is 0 Å². The zero-order chi connectivity index (χ0) is 14.0. The predicted octanol–water partition coefficient (Wildman–Crippen LogP) is -0.00520. The first kappa shape index (κ1) is 15.8. The summed E-state index contributed by atoms with van der Waals surface area (Å²) in [6.07, 6.45) is -1.48. The van der Waals surface area contributed by atoms with Crippen LogP contribution in [0, 0.1) is 0 Å². The normalized spacial score (nSPS) is 29.5. The van der Waals surface area contributed by atoms with Gasteiger partial charge in [0.05, 0.1) is 19.3 Å². The topological polar surface area (TPSA) is 88.4 Å². The lowest BCUT2D eigenvalue weighted by atomic mass is 10.1. The van der Waals surface area contributed by atoms with Gasteiger partial charge in [0.15, 0.2) is 11.6 Å². The number of aliphatic hydroxyl groups is 3. The maximum absolute atomic E-state index is 9.67. The van der Waals surface area contributed by atoms with E-state index in [1.165, 1.54) is 0 Å². The van der Waals surface area contributed by atoms with Gasteiger partial charge in [-0.25, -0.2) is 0 Å². The average Bonchev–Trinajstić information content (AvgIpc) is 2.51. The Morgan fingerprint density at radius 2 is 1.94 bits per heavy atom. The first-order valence-corrected chi connectivity index (χ1v) is 6.15. The third-order valence-corrected chi connectivity index (χ3v) is 2.65. The summed E-state index contributed by atoms with van der Waals surface area (Å²) in [4.78, 5) is 0. The van der Waals surface area contributed by atoms with Crippen molar-refractivity contribution >= 4 is 0 Å². The zero-order valence-electron chi connectivity index (χ0n) is 11.4. The van der Waals surface area contributed by atoms with Crippen molar-refractivity contribution in [2.24, 2.45) is 0 Å². The molecule has 3 unspecified atom stereocenters. The molecule has 6 nitrogen and oxygen atoms in total. The molecule has 0 spiro atoms. The van der Waals surface area contributed by atoms with Gasteiger partial charge in [0.25, 0.3) is 0 Å². The largest absolute Gasteiger partial charge is 0.394 e. The van der Waals surface area contributed by atoms with Crippen molar-refractivity contribution in [1.82, 2.24) is 0 Å². The van der Waals surface area contributed by atoms with Crippen molar-refractivity contribution in [3.63, 3.8) is 0 Å². The van der Waals surface area contributed by atoms with Crippen molar-refractivity contribution in [2.75, 3.05) is 13.2 Å². The molecule has 1 saturated heterocycles. The van der Waals surface area contributed by atoms with Crippen LogP contribution in [0.15, 0.2) is 0 Å². The second kappa shape index (κ2) is 5.81. The monoisotopic (exact) mass is 264 g/mol. The summed E-state index contributed by atoms with van der Waals surface area (Å²) >= 11 is 0. The molecule has 1 rings (SSSR count). The van der Waals surface area contributed by atoms with E-state index >= 15 is 0 Å². The molecule has 0 saturated carbocycles. The maximum atomic E-state index is 9.67. The maximum Gasteiger partial charge on any atom is 0.163 e. The smallest absolute Gasteiger partial charge is 0.163 e. The Labute approximate surface area is 107 Å². The molecule has 3 atom stereocenters. The van der Waals surface area contributed by atoms with Gasteiger partial charge in [0, 0.05) is 0 Å². The van der Waals surface area contributed by atoms with Gasteiger partial charge < -0.3 is 29.5 Å². The van der Waals surface area contributed by atoms with Crippen molar-refractivity contribution in [1.29, 1.82) is 0 Å². The predicted molar refractivity (Wildman–Crippen MR) is 63.8 cm³/mol. The molecule has 0 radical (unpaired) electrons. The number of aliphatic hydroxyl groups excluding tert-OH is 2. The van der Waals surface area contributed by atoms with Crippen molar-refractivity contribution in [3.8, 4) is 0 Å². The molecule has 0 aromatic rings. The van der Waals surface area contributed by atoms with Crippen LogP contribution in [-0.4, -0.2) is 58.4 Å². The highest BCUT2D eigenvalue weighted by Crippen LogP contribution is 2.31. The summed E-state index contributed by atoms with van der Waals surface area (Å²) in [5, 5.41) is 28.1. The van der Waals surface area contributed by atoms with Crippen LogP contribution in [0.4, 0.5) is 0 Å².